The Balaban J connectivity index is 2.23. The predicted octanol–water partition coefficient (Wildman–Crippen LogP) is 3.89. The van der Waals surface area contributed by atoms with Crippen molar-refractivity contribution in [1.29, 1.82) is 0 Å². The van der Waals surface area contributed by atoms with Crippen molar-refractivity contribution >= 4 is 45.1 Å². The summed E-state index contributed by atoms with van der Waals surface area (Å²) < 4.78 is 0.880. The molecule has 0 atom stereocenters. The Hall–Kier alpha value is -1.66. The van der Waals surface area contributed by atoms with Crippen molar-refractivity contribution in [3.63, 3.8) is 0 Å². The number of amides is 1. The molecule has 0 aliphatic heterocycles. The molecule has 0 bridgehead atoms. The van der Waals surface area contributed by atoms with Gasteiger partial charge in [-0.1, -0.05) is 11.6 Å². The molecule has 21 heavy (non-hydrogen) atoms. The molecule has 0 aliphatic rings. The second-order valence-corrected chi connectivity index (χ2v) is 5.59. The first-order chi connectivity index (χ1) is 10.0. The van der Waals surface area contributed by atoms with Crippen LogP contribution in [-0.4, -0.2) is 22.4 Å². The number of aryl methyl sites for hydroxylation is 1. The standard InChI is InChI=1S/C14H14BrClN4O/c1-3-17-11-5-4-10(16)13(19-11)14(21)20-12-6-8(2)9(15)7-18-12/h4-7H,3H2,1-2H3,(H,17,19)(H,18,20,21). The lowest BCUT2D eigenvalue weighted by molar-refractivity contribution is 0.102. The van der Waals surface area contributed by atoms with Crippen molar-refractivity contribution in [3.05, 3.63) is 45.1 Å². The average molecular weight is 370 g/mol. The summed E-state index contributed by atoms with van der Waals surface area (Å²) in [6, 6.07) is 5.14. The number of carbonyl (C=O) groups excluding carboxylic acids is 1. The van der Waals surface area contributed by atoms with Crippen molar-refractivity contribution in [2.24, 2.45) is 0 Å². The number of anilines is 2. The molecular weight excluding hydrogens is 356 g/mol. The van der Waals surface area contributed by atoms with Crippen LogP contribution in [0.2, 0.25) is 5.02 Å². The number of carbonyl (C=O) groups is 1. The first-order valence-corrected chi connectivity index (χ1v) is 7.52. The molecule has 5 nitrogen and oxygen atoms in total. The zero-order valence-corrected chi connectivity index (χ0v) is 13.9. The molecule has 0 aromatic carbocycles. The van der Waals surface area contributed by atoms with E-state index in [1.165, 1.54) is 0 Å². The van der Waals surface area contributed by atoms with Crippen molar-refractivity contribution in [3.8, 4) is 0 Å². The molecule has 2 rings (SSSR count). The SMILES string of the molecule is CCNc1ccc(Cl)c(C(=O)Nc2cc(C)c(Br)cn2)n1. The Labute approximate surface area is 136 Å². The molecule has 2 N–H and O–H groups in total. The zero-order chi connectivity index (χ0) is 15.4. The van der Waals surface area contributed by atoms with Crippen LogP contribution in [0.3, 0.4) is 0 Å². The van der Waals surface area contributed by atoms with Crippen molar-refractivity contribution in [2.45, 2.75) is 13.8 Å². The van der Waals surface area contributed by atoms with Gasteiger partial charge >= 0.3 is 0 Å². The van der Waals surface area contributed by atoms with E-state index in [9.17, 15) is 4.79 Å². The molecule has 2 aromatic heterocycles. The quantitative estimate of drug-likeness (QED) is 0.858. The fourth-order valence-corrected chi connectivity index (χ4v) is 2.07. The highest BCUT2D eigenvalue weighted by Gasteiger charge is 2.14. The van der Waals surface area contributed by atoms with Gasteiger partial charge in [-0.05, 0) is 53.5 Å². The molecule has 0 fully saturated rings. The lowest BCUT2D eigenvalue weighted by Crippen LogP contribution is -2.16. The second kappa shape index (κ2) is 6.87. The summed E-state index contributed by atoms with van der Waals surface area (Å²) in [5.74, 6) is 0.661. The summed E-state index contributed by atoms with van der Waals surface area (Å²) in [6.07, 6.45) is 1.63. The van der Waals surface area contributed by atoms with Crippen molar-refractivity contribution in [2.75, 3.05) is 17.2 Å². The van der Waals surface area contributed by atoms with Gasteiger partial charge in [-0.2, -0.15) is 0 Å². The smallest absolute Gasteiger partial charge is 0.277 e. The molecule has 0 spiro atoms. The molecule has 0 saturated heterocycles. The minimum Gasteiger partial charge on any atom is -0.370 e. The molecule has 2 heterocycles. The molecule has 0 radical (unpaired) electrons. The highest BCUT2D eigenvalue weighted by atomic mass is 79.9. The maximum atomic E-state index is 12.3. The van der Waals surface area contributed by atoms with Gasteiger partial charge in [-0.3, -0.25) is 4.79 Å². The summed E-state index contributed by atoms with van der Waals surface area (Å²) >= 11 is 9.40. The van der Waals surface area contributed by atoms with E-state index in [0.29, 0.717) is 23.2 Å². The molecule has 7 heteroatoms. The lowest BCUT2D eigenvalue weighted by Gasteiger charge is -2.09. The molecule has 0 unspecified atom stereocenters. The molecule has 1 amide bonds. The number of nitrogens with zero attached hydrogens (tertiary/aromatic N) is 2. The van der Waals surface area contributed by atoms with Gasteiger partial charge in [0.1, 0.15) is 17.3 Å². The van der Waals surface area contributed by atoms with Crippen LogP contribution in [0.25, 0.3) is 0 Å². The van der Waals surface area contributed by atoms with Gasteiger partial charge in [0.15, 0.2) is 0 Å². The van der Waals surface area contributed by atoms with E-state index in [2.05, 4.69) is 36.5 Å². The monoisotopic (exact) mass is 368 g/mol. The highest BCUT2D eigenvalue weighted by Crippen LogP contribution is 2.20. The van der Waals surface area contributed by atoms with Crippen LogP contribution in [-0.2, 0) is 0 Å². The largest absolute Gasteiger partial charge is 0.370 e. The first-order valence-electron chi connectivity index (χ1n) is 6.35. The van der Waals surface area contributed by atoms with Gasteiger partial charge < -0.3 is 10.6 Å². The van der Waals surface area contributed by atoms with Gasteiger partial charge in [0.2, 0.25) is 0 Å². The van der Waals surface area contributed by atoms with Crippen LogP contribution in [0.4, 0.5) is 11.6 Å². The van der Waals surface area contributed by atoms with Crippen molar-refractivity contribution in [1.82, 2.24) is 9.97 Å². The van der Waals surface area contributed by atoms with E-state index in [4.69, 9.17) is 11.6 Å². The van der Waals surface area contributed by atoms with Crippen LogP contribution < -0.4 is 10.6 Å². The average Bonchev–Trinajstić information content (AvgIpc) is 2.45. The van der Waals surface area contributed by atoms with Crippen molar-refractivity contribution < 1.29 is 4.79 Å². The molecule has 2 aromatic rings. The van der Waals surface area contributed by atoms with E-state index in [1.54, 1.807) is 24.4 Å². The Kier molecular flexibility index (Phi) is 5.14. The molecule has 110 valence electrons. The van der Waals surface area contributed by atoms with Gasteiger partial charge in [-0.15, -0.1) is 0 Å². The van der Waals surface area contributed by atoms with Gasteiger partial charge in [-0.25, -0.2) is 9.97 Å². The first kappa shape index (κ1) is 15.7. The third-order valence-corrected chi connectivity index (χ3v) is 3.84. The summed E-state index contributed by atoms with van der Waals surface area (Å²) in [5, 5.41) is 6.02. The highest BCUT2D eigenvalue weighted by molar-refractivity contribution is 9.10. The summed E-state index contributed by atoms with van der Waals surface area (Å²) in [5.41, 5.74) is 1.14. The number of rotatable bonds is 4. The van der Waals surface area contributed by atoms with Gasteiger partial charge in [0.25, 0.3) is 5.91 Å². The molecule has 0 aliphatic carbocycles. The summed E-state index contributed by atoms with van der Waals surface area (Å²) in [6.45, 7) is 4.58. The lowest BCUT2D eigenvalue weighted by atomic mass is 10.3. The zero-order valence-electron chi connectivity index (χ0n) is 11.6. The number of pyridine rings is 2. The number of hydrogen-bond acceptors (Lipinski definition) is 4. The fraction of sp³-hybridized carbons (Fsp3) is 0.214. The van der Waals surface area contributed by atoms with Crippen LogP contribution in [0.1, 0.15) is 23.0 Å². The molecular formula is C14H14BrClN4O. The Morgan fingerprint density at radius 2 is 2.14 bits per heavy atom. The number of hydrogen-bond donors (Lipinski definition) is 2. The van der Waals surface area contributed by atoms with E-state index in [1.807, 2.05) is 13.8 Å². The minimum absolute atomic E-state index is 0.164. The minimum atomic E-state index is -0.394. The number of aromatic nitrogens is 2. The van der Waals surface area contributed by atoms with E-state index in [-0.39, 0.29) is 5.69 Å². The second-order valence-electron chi connectivity index (χ2n) is 4.33. The Morgan fingerprint density at radius 3 is 2.81 bits per heavy atom. The van der Waals surface area contributed by atoms with E-state index < -0.39 is 5.91 Å². The number of nitrogens with one attached hydrogen (secondary N) is 2. The molecule has 0 saturated carbocycles. The summed E-state index contributed by atoms with van der Waals surface area (Å²) in [4.78, 5) is 20.6. The van der Waals surface area contributed by atoms with Crippen LogP contribution in [0, 0.1) is 6.92 Å². The normalized spacial score (nSPS) is 10.3. The maximum Gasteiger partial charge on any atom is 0.277 e. The van der Waals surface area contributed by atoms with Gasteiger partial charge in [0.05, 0.1) is 5.02 Å². The Bertz CT molecular complexity index is 678. The number of halogens is 2. The Morgan fingerprint density at radius 1 is 1.38 bits per heavy atom. The van der Waals surface area contributed by atoms with Crippen LogP contribution in [0.15, 0.2) is 28.9 Å². The maximum absolute atomic E-state index is 12.3. The fourth-order valence-electron chi connectivity index (χ4n) is 1.66. The summed E-state index contributed by atoms with van der Waals surface area (Å²) in [7, 11) is 0. The third-order valence-electron chi connectivity index (χ3n) is 2.71. The topological polar surface area (TPSA) is 66.9 Å². The van der Waals surface area contributed by atoms with E-state index in [0.717, 1.165) is 10.0 Å². The predicted molar refractivity (Wildman–Crippen MR) is 88.0 cm³/mol. The van der Waals surface area contributed by atoms with E-state index >= 15 is 0 Å². The van der Waals surface area contributed by atoms with Crippen LogP contribution >= 0.6 is 27.5 Å². The van der Waals surface area contributed by atoms with Crippen LogP contribution in [0.5, 0.6) is 0 Å². The third kappa shape index (κ3) is 3.92. The van der Waals surface area contributed by atoms with Gasteiger partial charge in [0, 0.05) is 17.2 Å².